The number of phenols is 1. The summed E-state index contributed by atoms with van der Waals surface area (Å²) in [5.74, 6) is -0.0437. The van der Waals surface area contributed by atoms with Crippen molar-refractivity contribution in [3.63, 3.8) is 0 Å². The molecule has 19 heavy (non-hydrogen) atoms. The van der Waals surface area contributed by atoms with E-state index >= 15 is 0 Å². The molecule has 1 aliphatic heterocycles. The molecule has 0 saturated carbocycles. The Hall–Kier alpha value is -1.85. The van der Waals surface area contributed by atoms with Crippen LogP contribution in [0.2, 0.25) is 0 Å². The molecule has 0 atom stereocenters. The first-order chi connectivity index (χ1) is 9.07. The van der Waals surface area contributed by atoms with Gasteiger partial charge in [0, 0.05) is 13.1 Å². The molecule has 0 aliphatic carbocycles. The Labute approximate surface area is 112 Å². The van der Waals surface area contributed by atoms with Gasteiger partial charge >= 0.3 is 0 Å². The predicted octanol–water partition coefficient (Wildman–Crippen LogP) is 2.10. The normalized spacial score (nSPS) is 15.4. The smallest absolute Gasteiger partial charge is 0.243 e. The Morgan fingerprint density at radius 3 is 2.16 bits per heavy atom. The van der Waals surface area contributed by atoms with Crippen LogP contribution in [0.4, 0.5) is 0 Å². The van der Waals surface area contributed by atoms with Crippen LogP contribution in [0.15, 0.2) is 53.4 Å². The van der Waals surface area contributed by atoms with Gasteiger partial charge in [0.2, 0.25) is 10.0 Å². The lowest BCUT2D eigenvalue weighted by Gasteiger charge is -2.15. The molecule has 0 bridgehead atoms. The van der Waals surface area contributed by atoms with Crippen molar-refractivity contribution in [1.29, 1.82) is 0 Å². The number of hydrogen-bond acceptors (Lipinski definition) is 3. The van der Waals surface area contributed by atoms with Crippen molar-refractivity contribution in [2.24, 2.45) is 0 Å². The van der Waals surface area contributed by atoms with Crippen LogP contribution < -0.4 is 0 Å². The average Bonchev–Trinajstić information content (AvgIpc) is 2.83. The molecule has 4 nitrogen and oxygen atoms in total. The molecule has 5 heteroatoms. The molecule has 2 aromatic carbocycles. The van der Waals surface area contributed by atoms with Gasteiger partial charge in [-0.15, -0.1) is 0 Å². The summed E-state index contributed by atoms with van der Waals surface area (Å²) in [4.78, 5) is 0.125. The van der Waals surface area contributed by atoms with Gasteiger partial charge < -0.3 is 5.11 Å². The molecule has 0 spiro atoms. The standard InChI is InChI=1S/C14H13NO3S/c16-13-6-3-7-14(8-13)19(17,18)15-9-11-4-1-2-5-12(11)10-15/h1-8,16H,9-10H2. The van der Waals surface area contributed by atoms with Crippen molar-refractivity contribution in [3.05, 3.63) is 59.7 Å². The van der Waals surface area contributed by atoms with E-state index in [-0.39, 0.29) is 10.6 Å². The van der Waals surface area contributed by atoms with Crippen molar-refractivity contribution in [2.45, 2.75) is 18.0 Å². The minimum atomic E-state index is -3.56. The Morgan fingerprint density at radius 1 is 0.947 bits per heavy atom. The first-order valence-corrected chi connectivity index (χ1v) is 7.37. The molecule has 1 aliphatic rings. The molecule has 0 saturated heterocycles. The Bertz CT molecular complexity index is 700. The highest BCUT2D eigenvalue weighted by Crippen LogP contribution is 2.29. The van der Waals surface area contributed by atoms with E-state index in [4.69, 9.17) is 0 Å². The Morgan fingerprint density at radius 2 is 1.58 bits per heavy atom. The van der Waals surface area contributed by atoms with Gasteiger partial charge in [-0.2, -0.15) is 4.31 Å². The molecule has 0 radical (unpaired) electrons. The monoisotopic (exact) mass is 275 g/mol. The van der Waals surface area contributed by atoms with Crippen LogP contribution in [0.3, 0.4) is 0 Å². The van der Waals surface area contributed by atoms with E-state index in [1.54, 1.807) is 0 Å². The van der Waals surface area contributed by atoms with E-state index in [2.05, 4.69) is 0 Å². The lowest BCUT2D eigenvalue weighted by atomic mass is 10.1. The number of aromatic hydroxyl groups is 1. The quantitative estimate of drug-likeness (QED) is 0.913. The second kappa shape index (κ2) is 4.36. The largest absolute Gasteiger partial charge is 0.508 e. The maximum absolute atomic E-state index is 12.5. The van der Waals surface area contributed by atoms with Gasteiger partial charge in [-0.05, 0) is 29.3 Å². The molecule has 0 aromatic heterocycles. The summed E-state index contributed by atoms with van der Waals surface area (Å²) in [6, 6.07) is 13.5. The fourth-order valence-corrected chi connectivity index (χ4v) is 3.70. The van der Waals surface area contributed by atoms with Crippen LogP contribution in [0, 0.1) is 0 Å². The van der Waals surface area contributed by atoms with Gasteiger partial charge in [-0.1, -0.05) is 30.3 Å². The van der Waals surface area contributed by atoms with Gasteiger partial charge in [0.25, 0.3) is 0 Å². The Kier molecular flexibility index (Phi) is 2.80. The maximum atomic E-state index is 12.5. The van der Waals surface area contributed by atoms with E-state index in [1.807, 2.05) is 24.3 Å². The van der Waals surface area contributed by atoms with Crippen LogP contribution >= 0.6 is 0 Å². The predicted molar refractivity (Wildman–Crippen MR) is 71.0 cm³/mol. The molecule has 0 fully saturated rings. The SMILES string of the molecule is O=S(=O)(c1cccc(O)c1)N1Cc2ccccc2C1. The number of hydrogen-bond donors (Lipinski definition) is 1. The average molecular weight is 275 g/mol. The number of nitrogens with zero attached hydrogens (tertiary/aromatic N) is 1. The molecule has 98 valence electrons. The molecule has 0 amide bonds. The van der Waals surface area contributed by atoms with Gasteiger partial charge in [-0.3, -0.25) is 0 Å². The Balaban J connectivity index is 1.96. The highest BCUT2D eigenvalue weighted by Gasteiger charge is 2.30. The number of sulfonamides is 1. The van der Waals surface area contributed by atoms with Crippen molar-refractivity contribution < 1.29 is 13.5 Å². The summed E-state index contributed by atoms with van der Waals surface area (Å²) in [5.41, 5.74) is 2.07. The van der Waals surface area contributed by atoms with E-state index < -0.39 is 10.0 Å². The minimum Gasteiger partial charge on any atom is -0.508 e. The summed E-state index contributed by atoms with van der Waals surface area (Å²) in [7, 11) is -3.56. The number of fused-ring (bicyclic) bond motifs is 1. The molecule has 1 heterocycles. The lowest BCUT2D eigenvalue weighted by Crippen LogP contribution is -2.25. The van der Waals surface area contributed by atoms with Crippen LogP contribution in [-0.2, 0) is 23.1 Å². The zero-order chi connectivity index (χ0) is 13.5. The number of rotatable bonds is 2. The van der Waals surface area contributed by atoms with E-state index in [0.29, 0.717) is 13.1 Å². The van der Waals surface area contributed by atoms with Crippen LogP contribution in [0.25, 0.3) is 0 Å². The third-order valence-electron chi connectivity index (χ3n) is 3.27. The summed E-state index contributed by atoms with van der Waals surface area (Å²) >= 11 is 0. The van der Waals surface area contributed by atoms with Gasteiger partial charge in [0.15, 0.2) is 0 Å². The van der Waals surface area contributed by atoms with E-state index in [1.165, 1.54) is 28.6 Å². The van der Waals surface area contributed by atoms with Crippen molar-refractivity contribution in [3.8, 4) is 5.75 Å². The lowest BCUT2D eigenvalue weighted by molar-refractivity contribution is 0.430. The molecule has 2 aromatic rings. The van der Waals surface area contributed by atoms with Crippen molar-refractivity contribution in [2.75, 3.05) is 0 Å². The second-order valence-corrected chi connectivity index (χ2v) is 6.48. The van der Waals surface area contributed by atoms with E-state index in [9.17, 15) is 13.5 Å². The minimum absolute atomic E-state index is 0.0437. The van der Waals surface area contributed by atoms with Crippen molar-refractivity contribution in [1.82, 2.24) is 4.31 Å². The molecule has 3 rings (SSSR count). The first kappa shape index (κ1) is 12.2. The van der Waals surface area contributed by atoms with Crippen LogP contribution in [-0.4, -0.2) is 17.8 Å². The second-order valence-electron chi connectivity index (χ2n) is 4.54. The highest BCUT2D eigenvalue weighted by atomic mass is 32.2. The number of phenolic OH excluding ortho intramolecular Hbond substituents is 1. The van der Waals surface area contributed by atoms with Crippen LogP contribution in [0.5, 0.6) is 5.75 Å². The summed E-state index contributed by atoms with van der Waals surface area (Å²) in [5, 5.41) is 9.41. The third-order valence-corrected chi connectivity index (χ3v) is 5.05. The van der Waals surface area contributed by atoms with Gasteiger partial charge in [0.05, 0.1) is 4.90 Å². The summed E-state index contributed by atoms with van der Waals surface area (Å²) in [6.45, 7) is 0.766. The van der Waals surface area contributed by atoms with Crippen molar-refractivity contribution >= 4 is 10.0 Å². The number of benzene rings is 2. The third kappa shape index (κ3) is 2.11. The molecular formula is C14H13NO3S. The van der Waals surface area contributed by atoms with Gasteiger partial charge in [-0.25, -0.2) is 8.42 Å². The fourth-order valence-electron chi connectivity index (χ4n) is 2.26. The summed E-state index contributed by atoms with van der Waals surface area (Å²) < 4.78 is 26.4. The molecule has 1 N–H and O–H groups in total. The zero-order valence-electron chi connectivity index (χ0n) is 10.2. The van der Waals surface area contributed by atoms with Gasteiger partial charge in [0.1, 0.15) is 5.75 Å². The topological polar surface area (TPSA) is 57.6 Å². The first-order valence-electron chi connectivity index (χ1n) is 5.93. The summed E-state index contributed by atoms with van der Waals surface area (Å²) in [6.07, 6.45) is 0. The van der Waals surface area contributed by atoms with E-state index in [0.717, 1.165) is 11.1 Å². The highest BCUT2D eigenvalue weighted by molar-refractivity contribution is 7.89. The fraction of sp³-hybridized carbons (Fsp3) is 0.143. The molecular weight excluding hydrogens is 262 g/mol. The maximum Gasteiger partial charge on any atom is 0.243 e. The zero-order valence-corrected chi connectivity index (χ0v) is 11.0. The molecule has 0 unspecified atom stereocenters. The van der Waals surface area contributed by atoms with Crippen LogP contribution in [0.1, 0.15) is 11.1 Å².